The highest BCUT2D eigenvalue weighted by Gasteiger charge is 1.99. The third-order valence-electron chi connectivity index (χ3n) is 1.51. The summed E-state index contributed by atoms with van der Waals surface area (Å²) < 4.78 is 5.43. The normalized spacial score (nSPS) is 9.92. The van der Waals surface area contributed by atoms with E-state index in [0.717, 1.165) is 22.5 Å². The minimum Gasteiger partial charge on any atom is -0.491 e. The first-order chi connectivity index (χ1) is 5.74. The van der Waals surface area contributed by atoms with Gasteiger partial charge in [0.15, 0.2) is 0 Å². The Hall–Kier alpha value is -0.570. The van der Waals surface area contributed by atoms with Gasteiger partial charge < -0.3 is 4.74 Å². The smallest absolute Gasteiger partial charge is 0.140 e. The molecule has 0 aliphatic carbocycles. The van der Waals surface area contributed by atoms with Gasteiger partial charge in [-0.2, -0.15) is 0 Å². The van der Waals surface area contributed by atoms with Crippen LogP contribution in [-0.4, -0.2) is 16.9 Å². The molecule has 2 nitrogen and oxygen atoms in total. The van der Waals surface area contributed by atoms with Crippen molar-refractivity contribution < 1.29 is 4.74 Å². The molecule has 0 saturated heterocycles. The monoisotopic (exact) mass is 229 g/mol. The van der Waals surface area contributed by atoms with E-state index in [1.54, 1.807) is 0 Å². The lowest BCUT2D eigenvalue weighted by Gasteiger charge is -2.06. The van der Waals surface area contributed by atoms with Gasteiger partial charge in [-0.05, 0) is 26.0 Å². The SMILES string of the molecule is Cc1ccc(OCCBr)c(C)n1. The topological polar surface area (TPSA) is 22.1 Å². The van der Waals surface area contributed by atoms with Gasteiger partial charge in [0.2, 0.25) is 0 Å². The molecule has 0 atom stereocenters. The maximum absolute atomic E-state index is 5.43. The number of alkyl halides is 1. The molecule has 0 bridgehead atoms. The summed E-state index contributed by atoms with van der Waals surface area (Å²) in [5, 5.41) is 0.848. The van der Waals surface area contributed by atoms with Crippen LogP contribution < -0.4 is 4.74 Å². The standard InChI is InChI=1S/C9H12BrNO/c1-7-3-4-9(8(2)11-7)12-6-5-10/h3-4H,5-6H2,1-2H3. The molecule has 1 aromatic heterocycles. The van der Waals surface area contributed by atoms with Crippen LogP contribution in [0.2, 0.25) is 0 Å². The van der Waals surface area contributed by atoms with Crippen LogP contribution >= 0.6 is 15.9 Å². The molecule has 0 aliphatic rings. The van der Waals surface area contributed by atoms with Gasteiger partial charge in [-0.3, -0.25) is 4.98 Å². The number of ether oxygens (including phenoxy) is 1. The van der Waals surface area contributed by atoms with Gasteiger partial charge in [-0.15, -0.1) is 0 Å². The third-order valence-corrected chi connectivity index (χ3v) is 1.84. The van der Waals surface area contributed by atoms with Crippen LogP contribution in [-0.2, 0) is 0 Å². The number of nitrogens with zero attached hydrogens (tertiary/aromatic N) is 1. The Kier molecular flexibility index (Phi) is 3.53. The lowest BCUT2D eigenvalue weighted by atomic mass is 10.3. The van der Waals surface area contributed by atoms with Crippen molar-refractivity contribution in [1.82, 2.24) is 4.98 Å². The van der Waals surface area contributed by atoms with Crippen LogP contribution in [0, 0.1) is 13.8 Å². The summed E-state index contributed by atoms with van der Waals surface area (Å²) in [5.41, 5.74) is 1.98. The van der Waals surface area contributed by atoms with Gasteiger partial charge >= 0.3 is 0 Å². The average molecular weight is 230 g/mol. The Morgan fingerprint density at radius 3 is 2.75 bits per heavy atom. The van der Waals surface area contributed by atoms with Crippen molar-refractivity contribution in [1.29, 1.82) is 0 Å². The number of hydrogen-bond donors (Lipinski definition) is 0. The maximum Gasteiger partial charge on any atom is 0.140 e. The number of pyridine rings is 1. The zero-order chi connectivity index (χ0) is 8.97. The lowest BCUT2D eigenvalue weighted by Crippen LogP contribution is -2.00. The first-order valence-electron chi connectivity index (χ1n) is 3.87. The van der Waals surface area contributed by atoms with Crippen LogP contribution in [0.15, 0.2) is 12.1 Å². The molecule has 0 aliphatic heterocycles. The fraction of sp³-hybridized carbons (Fsp3) is 0.444. The molecule has 0 unspecified atom stereocenters. The van der Waals surface area contributed by atoms with Crippen molar-refractivity contribution in [3.8, 4) is 5.75 Å². The predicted molar refractivity (Wildman–Crippen MR) is 53.0 cm³/mol. The molecule has 1 aromatic rings. The molecule has 0 saturated carbocycles. The fourth-order valence-corrected chi connectivity index (χ4v) is 1.14. The molecule has 0 spiro atoms. The van der Waals surface area contributed by atoms with Gasteiger partial charge in [0.25, 0.3) is 0 Å². The van der Waals surface area contributed by atoms with E-state index in [-0.39, 0.29) is 0 Å². The molecular weight excluding hydrogens is 218 g/mol. The molecule has 0 aromatic carbocycles. The molecule has 1 rings (SSSR count). The Bertz CT molecular complexity index is 263. The second kappa shape index (κ2) is 4.45. The van der Waals surface area contributed by atoms with E-state index in [1.807, 2.05) is 26.0 Å². The van der Waals surface area contributed by atoms with E-state index in [1.165, 1.54) is 0 Å². The van der Waals surface area contributed by atoms with Crippen LogP contribution in [0.1, 0.15) is 11.4 Å². The number of aromatic nitrogens is 1. The second-order valence-corrected chi connectivity index (χ2v) is 3.37. The second-order valence-electron chi connectivity index (χ2n) is 2.57. The molecule has 0 N–H and O–H groups in total. The number of rotatable bonds is 3. The van der Waals surface area contributed by atoms with Crippen molar-refractivity contribution in [2.75, 3.05) is 11.9 Å². The summed E-state index contributed by atoms with van der Waals surface area (Å²) in [7, 11) is 0. The Balaban J connectivity index is 2.72. The van der Waals surface area contributed by atoms with Crippen molar-refractivity contribution >= 4 is 15.9 Å². The summed E-state index contributed by atoms with van der Waals surface area (Å²) in [5.74, 6) is 0.875. The minimum atomic E-state index is 0.686. The van der Waals surface area contributed by atoms with E-state index in [9.17, 15) is 0 Å². The van der Waals surface area contributed by atoms with Gasteiger partial charge in [-0.25, -0.2) is 0 Å². The van der Waals surface area contributed by atoms with E-state index in [2.05, 4.69) is 20.9 Å². The summed E-state index contributed by atoms with van der Waals surface area (Å²) in [4.78, 5) is 4.29. The highest BCUT2D eigenvalue weighted by Crippen LogP contribution is 2.15. The van der Waals surface area contributed by atoms with E-state index in [0.29, 0.717) is 6.61 Å². The van der Waals surface area contributed by atoms with Crippen molar-refractivity contribution in [2.24, 2.45) is 0 Å². The molecule has 0 fully saturated rings. The van der Waals surface area contributed by atoms with Gasteiger partial charge in [-0.1, -0.05) is 15.9 Å². The summed E-state index contributed by atoms with van der Waals surface area (Å²) >= 11 is 3.30. The first kappa shape index (κ1) is 9.52. The lowest BCUT2D eigenvalue weighted by molar-refractivity contribution is 0.340. The quantitative estimate of drug-likeness (QED) is 0.744. The number of halogens is 1. The van der Waals surface area contributed by atoms with E-state index < -0.39 is 0 Å². The largest absolute Gasteiger partial charge is 0.491 e. The minimum absolute atomic E-state index is 0.686. The Morgan fingerprint density at radius 2 is 2.17 bits per heavy atom. The molecule has 0 amide bonds. The van der Waals surface area contributed by atoms with Gasteiger partial charge in [0, 0.05) is 11.0 Å². The molecule has 3 heteroatoms. The third kappa shape index (κ3) is 2.48. The van der Waals surface area contributed by atoms with E-state index in [4.69, 9.17) is 4.74 Å². The van der Waals surface area contributed by atoms with E-state index >= 15 is 0 Å². The van der Waals surface area contributed by atoms with Crippen molar-refractivity contribution in [3.63, 3.8) is 0 Å². The summed E-state index contributed by atoms with van der Waals surface area (Å²) in [6.45, 7) is 4.61. The molecular formula is C9H12BrNO. The Labute approximate surface area is 81.1 Å². The predicted octanol–water partition coefficient (Wildman–Crippen LogP) is 2.47. The van der Waals surface area contributed by atoms with Crippen LogP contribution in [0.3, 0.4) is 0 Å². The average Bonchev–Trinajstić information content (AvgIpc) is 2.03. The van der Waals surface area contributed by atoms with Crippen molar-refractivity contribution in [3.05, 3.63) is 23.5 Å². The molecule has 0 radical (unpaired) electrons. The van der Waals surface area contributed by atoms with Crippen molar-refractivity contribution in [2.45, 2.75) is 13.8 Å². The fourth-order valence-electron chi connectivity index (χ4n) is 0.975. The van der Waals surface area contributed by atoms with Crippen LogP contribution in [0.4, 0.5) is 0 Å². The molecule has 1 heterocycles. The number of aryl methyl sites for hydroxylation is 2. The first-order valence-corrected chi connectivity index (χ1v) is 4.99. The van der Waals surface area contributed by atoms with Crippen LogP contribution in [0.5, 0.6) is 5.75 Å². The number of hydrogen-bond acceptors (Lipinski definition) is 2. The highest BCUT2D eigenvalue weighted by atomic mass is 79.9. The Morgan fingerprint density at radius 1 is 1.42 bits per heavy atom. The summed E-state index contributed by atoms with van der Waals surface area (Å²) in [6.07, 6.45) is 0. The van der Waals surface area contributed by atoms with Gasteiger partial charge in [0.05, 0.1) is 12.3 Å². The molecule has 12 heavy (non-hydrogen) atoms. The van der Waals surface area contributed by atoms with Crippen LogP contribution in [0.25, 0.3) is 0 Å². The molecule has 66 valence electrons. The van der Waals surface area contributed by atoms with Gasteiger partial charge in [0.1, 0.15) is 5.75 Å². The maximum atomic E-state index is 5.43. The zero-order valence-corrected chi connectivity index (χ0v) is 8.89. The zero-order valence-electron chi connectivity index (χ0n) is 7.30. The highest BCUT2D eigenvalue weighted by molar-refractivity contribution is 9.09. The summed E-state index contributed by atoms with van der Waals surface area (Å²) in [6, 6.07) is 3.91.